The van der Waals surface area contributed by atoms with E-state index >= 15 is 0 Å². The van der Waals surface area contributed by atoms with Gasteiger partial charge in [-0.15, -0.1) is 0 Å². The maximum Gasteiger partial charge on any atom is 0.174 e. The number of methoxy groups -OCH3 is 1. The molecule has 0 amide bonds. The first-order valence-electron chi connectivity index (χ1n) is 6.42. The molecule has 0 aliphatic rings. The van der Waals surface area contributed by atoms with E-state index in [0.29, 0.717) is 17.0 Å². The molecule has 0 saturated carbocycles. The molecule has 110 valence electrons. The number of carbonyl (C=O) groups excluding carboxylic acids is 1. The highest BCUT2D eigenvalue weighted by Gasteiger charge is 2.20. The van der Waals surface area contributed by atoms with E-state index in [9.17, 15) is 13.6 Å². The van der Waals surface area contributed by atoms with Crippen molar-refractivity contribution in [3.05, 3.63) is 58.4 Å². The SMILES string of the molecule is COc1c(C)cnc(CC(=O)c2c(F)cccc2F)c1C. The minimum Gasteiger partial charge on any atom is -0.496 e. The Morgan fingerprint density at radius 1 is 1.24 bits per heavy atom. The van der Waals surface area contributed by atoms with Crippen LogP contribution in [0.2, 0.25) is 0 Å². The average Bonchev–Trinajstić information content (AvgIpc) is 2.42. The Balaban J connectivity index is 2.37. The van der Waals surface area contributed by atoms with Crippen LogP contribution in [-0.4, -0.2) is 17.9 Å². The van der Waals surface area contributed by atoms with Crippen molar-refractivity contribution in [3.8, 4) is 5.75 Å². The van der Waals surface area contributed by atoms with Gasteiger partial charge in [0, 0.05) is 17.3 Å². The normalized spacial score (nSPS) is 10.5. The molecule has 0 saturated heterocycles. The molecule has 0 spiro atoms. The summed E-state index contributed by atoms with van der Waals surface area (Å²) in [4.78, 5) is 16.3. The Morgan fingerprint density at radius 3 is 2.43 bits per heavy atom. The molecule has 2 rings (SSSR count). The van der Waals surface area contributed by atoms with Crippen LogP contribution in [0.1, 0.15) is 27.2 Å². The third kappa shape index (κ3) is 2.91. The number of carbonyl (C=O) groups is 1. The maximum atomic E-state index is 13.6. The van der Waals surface area contributed by atoms with Gasteiger partial charge in [-0.25, -0.2) is 8.78 Å². The van der Waals surface area contributed by atoms with Crippen LogP contribution in [-0.2, 0) is 6.42 Å². The molecule has 3 nitrogen and oxygen atoms in total. The summed E-state index contributed by atoms with van der Waals surface area (Å²) in [5.74, 6) is -1.75. The molecule has 21 heavy (non-hydrogen) atoms. The maximum absolute atomic E-state index is 13.6. The van der Waals surface area contributed by atoms with Crippen LogP contribution >= 0.6 is 0 Å². The number of ether oxygens (including phenoxy) is 1. The number of benzene rings is 1. The summed E-state index contributed by atoms with van der Waals surface area (Å²) in [5, 5.41) is 0. The number of hydrogen-bond donors (Lipinski definition) is 0. The van der Waals surface area contributed by atoms with Crippen molar-refractivity contribution in [2.75, 3.05) is 7.11 Å². The Kier molecular flexibility index (Phi) is 4.31. The van der Waals surface area contributed by atoms with Gasteiger partial charge in [-0.1, -0.05) is 6.07 Å². The van der Waals surface area contributed by atoms with Crippen LogP contribution in [0.15, 0.2) is 24.4 Å². The fraction of sp³-hybridized carbons (Fsp3) is 0.250. The number of halogens is 2. The average molecular weight is 291 g/mol. The molecule has 0 radical (unpaired) electrons. The largest absolute Gasteiger partial charge is 0.496 e. The number of pyridine rings is 1. The van der Waals surface area contributed by atoms with Crippen molar-refractivity contribution in [1.82, 2.24) is 4.98 Å². The van der Waals surface area contributed by atoms with Gasteiger partial charge in [0.25, 0.3) is 0 Å². The Morgan fingerprint density at radius 2 is 1.86 bits per heavy atom. The van der Waals surface area contributed by atoms with Crippen LogP contribution in [0.5, 0.6) is 5.75 Å². The zero-order valence-corrected chi connectivity index (χ0v) is 12.0. The van der Waals surface area contributed by atoms with Crippen molar-refractivity contribution in [1.29, 1.82) is 0 Å². The topological polar surface area (TPSA) is 39.2 Å². The standard InChI is InChI=1S/C16H15F2NO2/c1-9-8-19-13(10(2)16(9)21-3)7-14(20)15-11(17)5-4-6-12(15)18/h4-6,8H,7H2,1-3H3. The molecule has 0 aliphatic heterocycles. The predicted molar refractivity (Wildman–Crippen MR) is 74.7 cm³/mol. The number of nitrogens with zero attached hydrogens (tertiary/aromatic N) is 1. The van der Waals surface area contributed by atoms with Gasteiger partial charge < -0.3 is 4.74 Å². The zero-order valence-electron chi connectivity index (χ0n) is 12.0. The van der Waals surface area contributed by atoms with Crippen molar-refractivity contribution < 1.29 is 18.3 Å². The highest BCUT2D eigenvalue weighted by atomic mass is 19.1. The molecule has 0 aliphatic carbocycles. The third-order valence-electron chi connectivity index (χ3n) is 3.32. The van der Waals surface area contributed by atoms with E-state index in [1.807, 2.05) is 6.92 Å². The fourth-order valence-corrected chi connectivity index (χ4v) is 2.25. The second-order valence-electron chi connectivity index (χ2n) is 4.74. The van der Waals surface area contributed by atoms with Crippen molar-refractivity contribution in [2.24, 2.45) is 0 Å². The lowest BCUT2D eigenvalue weighted by molar-refractivity contribution is 0.0983. The predicted octanol–water partition coefficient (Wildman–Crippen LogP) is 3.41. The molecule has 0 N–H and O–H groups in total. The number of aromatic nitrogens is 1. The smallest absolute Gasteiger partial charge is 0.174 e. The number of ketones is 1. The quantitative estimate of drug-likeness (QED) is 0.810. The van der Waals surface area contributed by atoms with Crippen LogP contribution in [0, 0.1) is 25.5 Å². The number of Topliss-reactive ketones (excluding diaryl/α,β-unsaturated/α-hetero) is 1. The molecule has 0 atom stereocenters. The molecule has 1 heterocycles. The Labute approximate surface area is 121 Å². The molecule has 1 aromatic carbocycles. The number of hydrogen-bond acceptors (Lipinski definition) is 3. The lowest BCUT2D eigenvalue weighted by Crippen LogP contribution is -2.11. The lowest BCUT2D eigenvalue weighted by atomic mass is 10.0. The summed E-state index contributed by atoms with van der Waals surface area (Å²) in [6.45, 7) is 3.60. The van der Waals surface area contributed by atoms with Gasteiger partial charge in [0.05, 0.1) is 24.8 Å². The molecule has 2 aromatic rings. The monoisotopic (exact) mass is 291 g/mol. The van der Waals surface area contributed by atoms with Crippen molar-refractivity contribution >= 4 is 5.78 Å². The first-order chi connectivity index (χ1) is 9.95. The minimum atomic E-state index is -0.864. The van der Waals surface area contributed by atoms with Crippen molar-refractivity contribution in [3.63, 3.8) is 0 Å². The molecule has 5 heteroatoms. The first-order valence-corrected chi connectivity index (χ1v) is 6.42. The Hall–Kier alpha value is -2.30. The van der Waals surface area contributed by atoms with Crippen LogP contribution in [0.25, 0.3) is 0 Å². The van der Waals surface area contributed by atoms with E-state index in [2.05, 4.69) is 4.98 Å². The van der Waals surface area contributed by atoms with E-state index in [4.69, 9.17) is 4.74 Å². The van der Waals surface area contributed by atoms with E-state index in [1.165, 1.54) is 13.2 Å². The van der Waals surface area contributed by atoms with Crippen LogP contribution in [0.4, 0.5) is 8.78 Å². The van der Waals surface area contributed by atoms with E-state index in [1.54, 1.807) is 13.1 Å². The molecular formula is C16H15F2NO2. The van der Waals surface area contributed by atoms with E-state index in [-0.39, 0.29) is 6.42 Å². The second-order valence-corrected chi connectivity index (χ2v) is 4.74. The molecule has 0 unspecified atom stereocenters. The van der Waals surface area contributed by atoms with Gasteiger partial charge >= 0.3 is 0 Å². The highest BCUT2D eigenvalue weighted by Crippen LogP contribution is 2.25. The van der Waals surface area contributed by atoms with Gasteiger partial charge in [-0.2, -0.15) is 0 Å². The molecule has 0 fully saturated rings. The summed E-state index contributed by atoms with van der Waals surface area (Å²) in [7, 11) is 1.53. The van der Waals surface area contributed by atoms with Gasteiger partial charge in [0.1, 0.15) is 17.4 Å². The minimum absolute atomic E-state index is 0.180. The Bertz CT molecular complexity index is 679. The van der Waals surface area contributed by atoms with Crippen molar-refractivity contribution in [2.45, 2.75) is 20.3 Å². The van der Waals surface area contributed by atoms with Gasteiger partial charge in [-0.3, -0.25) is 9.78 Å². The van der Waals surface area contributed by atoms with Gasteiger partial charge in [0.15, 0.2) is 5.78 Å². The third-order valence-corrected chi connectivity index (χ3v) is 3.32. The highest BCUT2D eigenvalue weighted by molar-refractivity contribution is 5.98. The summed E-state index contributed by atoms with van der Waals surface area (Å²) >= 11 is 0. The summed E-state index contributed by atoms with van der Waals surface area (Å²) < 4.78 is 32.5. The molecule has 1 aromatic heterocycles. The van der Waals surface area contributed by atoms with E-state index in [0.717, 1.165) is 17.7 Å². The zero-order chi connectivity index (χ0) is 15.6. The summed E-state index contributed by atoms with van der Waals surface area (Å²) in [6, 6.07) is 3.35. The van der Waals surface area contributed by atoms with Crippen LogP contribution < -0.4 is 4.74 Å². The number of aryl methyl sites for hydroxylation is 1. The molecular weight excluding hydrogens is 276 g/mol. The summed E-state index contributed by atoms with van der Waals surface area (Å²) in [5.41, 5.74) is 1.45. The van der Waals surface area contributed by atoms with Crippen LogP contribution in [0.3, 0.4) is 0 Å². The molecule has 0 bridgehead atoms. The van der Waals surface area contributed by atoms with Gasteiger partial charge in [0.2, 0.25) is 0 Å². The lowest BCUT2D eigenvalue weighted by Gasteiger charge is -2.12. The first kappa shape index (κ1) is 15.1. The van der Waals surface area contributed by atoms with E-state index < -0.39 is 23.0 Å². The second kappa shape index (κ2) is 5.99. The summed E-state index contributed by atoms with van der Waals surface area (Å²) in [6.07, 6.45) is 1.40. The van der Waals surface area contributed by atoms with Gasteiger partial charge in [-0.05, 0) is 26.0 Å². The fourth-order valence-electron chi connectivity index (χ4n) is 2.25. The number of rotatable bonds is 4.